The van der Waals surface area contributed by atoms with E-state index in [1.54, 1.807) is 0 Å². The molecule has 1 atom stereocenters. The van der Waals surface area contributed by atoms with Gasteiger partial charge in [-0.25, -0.2) is 0 Å². The second-order valence-electron chi connectivity index (χ2n) is 5.83. The van der Waals surface area contributed by atoms with Crippen molar-refractivity contribution >= 4 is 0 Å². The van der Waals surface area contributed by atoms with Crippen molar-refractivity contribution in [1.82, 2.24) is 10.2 Å². The SMILES string of the molecule is CCC1CCCN(Cc2cccc(CNC)c2)CC1. The van der Waals surface area contributed by atoms with Crippen LogP contribution in [0.3, 0.4) is 0 Å². The molecule has 1 aromatic rings. The molecule has 2 nitrogen and oxygen atoms in total. The lowest BCUT2D eigenvalue weighted by molar-refractivity contribution is 0.272. The summed E-state index contributed by atoms with van der Waals surface area (Å²) < 4.78 is 0. The summed E-state index contributed by atoms with van der Waals surface area (Å²) in [5, 5.41) is 3.22. The Kier molecular flexibility index (Phi) is 5.87. The van der Waals surface area contributed by atoms with Crippen molar-refractivity contribution < 1.29 is 0 Å². The van der Waals surface area contributed by atoms with Gasteiger partial charge in [0, 0.05) is 13.1 Å². The Hall–Kier alpha value is -0.860. The van der Waals surface area contributed by atoms with E-state index in [0.717, 1.165) is 19.0 Å². The van der Waals surface area contributed by atoms with Gasteiger partial charge in [0.05, 0.1) is 0 Å². The number of hydrogen-bond donors (Lipinski definition) is 1. The molecule has 1 aromatic carbocycles. The van der Waals surface area contributed by atoms with Crippen LogP contribution in [0.1, 0.15) is 43.7 Å². The maximum absolute atomic E-state index is 3.22. The van der Waals surface area contributed by atoms with Crippen molar-refractivity contribution in [3.05, 3.63) is 35.4 Å². The third kappa shape index (κ3) is 4.63. The molecule has 1 unspecified atom stereocenters. The lowest BCUT2D eigenvalue weighted by atomic mass is 9.98. The molecule has 0 amide bonds. The summed E-state index contributed by atoms with van der Waals surface area (Å²) >= 11 is 0. The van der Waals surface area contributed by atoms with Gasteiger partial charge in [0.2, 0.25) is 0 Å². The summed E-state index contributed by atoms with van der Waals surface area (Å²) in [5.74, 6) is 0.959. The van der Waals surface area contributed by atoms with Gasteiger partial charge in [0.15, 0.2) is 0 Å². The van der Waals surface area contributed by atoms with Crippen molar-refractivity contribution in [3.8, 4) is 0 Å². The van der Waals surface area contributed by atoms with E-state index in [1.807, 2.05) is 7.05 Å². The minimum atomic E-state index is 0.959. The van der Waals surface area contributed by atoms with Crippen LogP contribution >= 0.6 is 0 Å². The highest BCUT2D eigenvalue weighted by Crippen LogP contribution is 2.21. The molecular formula is C17H28N2. The summed E-state index contributed by atoms with van der Waals surface area (Å²) in [4.78, 5) is 2.63. The summed E-state index contributed by atoms with van der Waals surface area (Å²) in [6, 6.07) is 9.00. The maximum Gasteiger partial charge on any atom is 0.0233 e. The summed E-state index contributed by atoms with van der Waals surface area (Å²) in [6.45, 7) is 6.96. The van der Waals surface area contributed by atoms with Crippen molar-refractivity contribution in [1.29, 1.82) is 0 Å². The molecule has 0 aliphatic carbocycles. The van der Waals surface area contributed by atoms with E-state index in [2.05, 4.69) is 41.4 Å². The zero-order valence-electron chi connectivity index (χ0n) is 12.5. The number of rotatable bonds is 5. The van der Waals surface area contributed by atoms with Crippen LogP contribution < -0.4 is 5.32 Å². The Labute approximate surface area is 118 Å². The standard InChI is InChI=1S/C17H28N2/c1-3-15-8-5-10-19(11-9-15)14-17-7-4-6-16(12-17)13-18-2/h4,6-7,12,15,18H,3,5,8-11,13-14H2,1-2H3. The van der Waals surface area contributed by atoms with Gasteiger partial charge < -0.3 is 5.32 Å². The largest absolute Gasteiger partial charge is 0.316 e. The Bertz CT molecular complexity index is 375. The molecule has 2 rings (SSSR count). The van der Waals surface area contributed by atoms with Gasteiger partial charge in [0.1, 0.15) is 0 Å². The molecular weight excluding hydrogens is 232 g/mol. The van der Waals surface area contributed by atoms with E-state index in [0.29, 0.717) is 0 Å². The average Bonchev–Trinajstić information content (AvgIpc) is 2.65. The minimum Gasteiger partial charge on any atom is -0.316 e. The Morgan fingerprint density at radius 1 is 1.21 bits per heavy atom. The van der Waals surface area contributed by atoms with E-state index in [4.69, 9.17) is 0 Å². The van der Waals surface area contributed by atoms with Crippen LogP contribution in [0.2, 0.25) is 0 Å². The molecule has 0 aromatic heterocycles. The fourth-order valence-electron chi connectivity index (χ4n) is 3.09. The predicted octanol–water partition coefficient (Wildman–Crippen LogP) is 3.42. The molecule has 1 fully saturated rings. The molecule has 1 aliphatic heterocycles. The Morgan fingerprint density at radius 2 is 2.05 bits per heavy atom. The summed E-state index contributed by atoms with van der Waals surface area (Å²) in [6.07, 6.45) is 5.53. The van der Waals surface area contributed by atoms with E-state index in [-0.39, 0.29) is 0 Å². The number of hydrogen-bond acceptors (Lipinski definition) is 2. The minimum absolute atomic E-state index is 0.959. The van der Waals surface area contributed by atoms with E-state index in [1.165, 1.54) is 49.9 Å². The molecule has 1 saturated heterocycles. The molecule has 106 valence electrons. The molecule has 0 spiro atoms. The number of likely N-dealkylation sites (tertiary alicyclic amines) is 1. The van der Waals surface area contributed by atoms with Crippen LogP contribution in [-0.2, 0) is 13.1 Å². The van der Waals surface area contributed by atoms with E-state index in [9.17, 15) is 0 Å². The third-order valence-corrected chi connectivity index (χ3v) is 4.30. The molecule has 0 bridgehead atoms. The summed E-state index contributed by atoms with van der Waals surface area (Å²) in [7, 11) is 2.01. The highest BCUT2D eigenvalue weighted by Gasteiger charge is 2.15. The zero-order chi connectivity index (χ0) is 13.5. The van der Waals surface area contributed by atoms with Gasteiger partial charge in [-0.05, 0) is 56.4 Å². The normalized spacial score (nSPS) is 21.3. The van der Waals surface area contributed by atoms with E-state index >= 15 is 0 Å². The molecule has 19 heavy (non-hydrogen) atoms. The van der Waals surface area contributed by atoms with Crippen LogP contribution in [0.15, 0.2) is 24.3 Å². The molecule has 0 saturated carbocycles. The first kappa shape index (κ1) is 14.5. The van der Waals surface area contributed by atoms with Crippen molar-refractivity contribution in [2.75, 3.05) is 20.1 Å². The van der Waals surface area contributed by atoms with Crippen molar-refractivity contribution in [3.63, 3.8) is 0 Å². The number of benzene rings is 1. The highest BCUT2D eigenvalue weighted by atomic mass is 15.1. The van der Waals surface area contributed by atoms with Crippen LogP contribution in [0, 0.1) is 5.92 Å². The van der Waals surface area contributed by atoms with Gasteiger partial charge in [-0.15, -0.1) is 0 Å². The Morgan fingerprint density at radius 3 is 2.84 bits per heavy atom. The predicted molar refractivity (Wildman–Crippen MR) is 82.1 cm³/mol. The van der Waals surface area contributed by atoms with Gasteiger partial charge in [0.25, 0.3) is 0 Å². The zero-order valence-corrected chi connectivity index (χ0v) is 12.5. The van der Waals surface area contributed by atoms with Gasteiger partial charge >= 0.3 is 0 Å². The summed E-state index contributed by atoms with van der Waals surface area (Å²) in [5.41, 5.74) is 2.85. The van der Waals surface area contributed by atoms with Crippen LogP contribution in [0.5, 0.6) is 0 Å². The number of nitrogens with one attached hydrogen (secondary N) is 1. The first-order chi connectivity index (χ1) is 9.31. The molecule has 1 N–H and O–H groups in total. The van der Waals surface area contributed by atoms with Gasteiger partial charge in [-0.3, -0.25) is 4.90 Å². The lowest BCUT2D eigenvalue weighted by Crippen LogP contribution is -2.24. The van der Waals surface area contributed by atoms with Crippen LogP contribution in [0.4, 0.5) is 0 Å². The van der Waals surface area contributed by atoms with Crippen molar-refractivity contribution in [2.45, 2.75) is 45.7 Å². The number of nitrogens with zero attached hydrogens (tertiary/aromatic N) is 1. The molecule has 0 radical (unpaired) electrons. The average molecular weight is 260 g/mol. The van der Waals surface area contributed by atoms with Gasteiger partial charge in [-0.2, -0.15) is 0 Å². The fourth-order valence-corrected chi connectivity index (χ4v) is 3.09. The van der Waals surface area contributed by atoms with E-state index < -0.39 is 0 Å². The highest BCUT2D eigenvalue weighted by molar-refractivity contribution is 5.23. The topological polar surface area (TPSA) is 15.3 Å². The van der Waals surface area contributed by atoms with Gasteiger partial charge in [-0.1, -0.05) is 37.6 Å². The first-order valence-electron chi connectivity index (χ1n) is 7.76. The molecule has 2 heteroatoms. The lowest BCUT2D eigenvalue weighted by Gasteiger charge is -2.20. The smallest absolute Gasteiger partial charge is 0.0233 e. The third-order valence-electron chi connectivity index (χ3n) is 4.30. The quantitative estimate of drug-likeness (QED) is 0.872. The molecule has 1 heterocycles. The first-order valence-corrected chi connectivity index (χ1v) is 7.76. The van der Waals surface area contributed by atoms with Crippen molar-refractivity contribution in [2.24, 2.45) is 5.92 Å². The van der Waals surface area contributed by atoms with Crippen LogP contribution in [-0.4, -0.2) is 25.0 Å². The maximum atomic E-state index is 3.22. The van der Waals surface area contributed by atoms with Crippen LogP contribution in [0.25, 0.3) is 0 Å². The fraction of sp³-hybridized carbons (Fsp3) is 0.647. The second-order valence-corrected chi connectivity index (χ2v) is 5.83. The molecule has 1 aliphatic rings. The Balaban J connectivity index is 1.91. The second kappa shape index (κ2) is 7.66. The monoisotopic (exact) mass is 260 g/mol.